The van der Waals surface area contributed by atoms with Gasteiger partial charge >= 0.3 is 0 Å². The molecule has 2 N–H and O–H groups in total. The Labute approximate surface area is 154 Å². The molecule has 2 rings (SSSR count). The van der Waals surface area contributed by atoms with Crippen molar-refractivity contribution in [1.29, 1.82) is 0 Å². The van der Waals surface area contributed by atoms with Crippen LogP contribution in [-0.4, -0.2) is 19.1 Å². The number of amides is 1. The lowest BCUT2D eigenvalue weighted by Gasteiger charge is -2.11. The minimum atomic E-state index is -0.118. The van der Waals surface area contributed by atoms with Crippen LogP contribution >= 0.6 is 11.6 Å². The molecule has 0 bridgehead atoms. The van der Waals surface area contributed by atoms with Crippen LogP contribution < -0.4 is 15.4 Å². The second-order valence-corrected chi connectivity index (χ2v) is 6.85. The van der Waals surface area contributed by atoms with E-state index in [9.17, 15) is 4.79 Å². The monoisotopic (exact) mass is 360 g/mol. The molecule has 0 unspecified atom stereocenters. The lowest BCUT2D eigenvalue weighted by atomic mass is 10.1. The zero-order valence-electron chi connectivity index (χ0n) is 14.9. The van der Waals surface area contributed by atoms with E-state index in [1.165, 1.54) is 0 Å². The fourth-order valence-electron chi connectivity index (χ4n) is 2.21. The van der Waals surface area contributed by atoms with E-state index in [0.29, 0.717) is 17.5 Å². The summed E-state index contributed by atoms with van der Waals surface area (Å²) in [7, 11) is 0. The molecule has 2 aromatic rings. The highest BCUT2D eigenvalue weighted by Crippen LogP contribution is 2.20. The van der Waals surface area contributed by atoms with Crippen molar-refractivity contribution < 1.29 is 9.53 Å². The molecule has 0 aliphatic rings. The molecule has 134 valence electrons. The summed E-state index contributed by atoms with van der Waals surface area (Å²) in [5, 5.41) is 6.60. The van der Waals surface area contributed by atoms with Crippen molar-refractivity contribution in [2.45, 2.75) is 27.2 Å². The van der Waals surface area contributed by atoms with Gasteiger partial charge < -0.3 is 15.4 Å². The van der Waals surface area contributed by atoms with Crippen molar-refractivity contribution in [3.63, 3.8) is 0 Å². The number of rotatable bonds is 8. The third-order valence-corrected chi connectivity index (χ3v) is 3.98. The van der Waals surface area contributed by atoms with Crippen molar-refractivity contribution in [2.75, 3.05) is 23.8 Å². The Hall–Kier alpha value is -2.20. The second-order valence-electron chi connectivity index (χ2n) is 6.42. The van der Waals surface area contributed by atoms with E-state index in [-0.39, 0.29) is 12.5 Å². The molecule has 5 heteroatoms. The summed E-state index contributed by atoms with van der Waals surface area (Å²) in [6, 6.07) is 13.0. The molecule has 0 saturated heterocycles. The van der Waals surface area contributed by atoms with Crippen LogP contribution in [0.5, 0.6) is 5.75 Å². The number of halogens is 1. The number of hydrogen-bond donors (Lipinski definition) is 2. The van der Waals surface area contributed by atoms with Gasteiger partial charge in [-0.15, -0.1) is 0 Å². The third-order valence-electron chi connectivity index (χ3n) is 3.74. The van der Waals surface area contributed by atoms with Gasteiger partial charge in [0.25, 0.3) is 0 Å². The predicted octanol–water partition coefficient (Wildman–Crippen LogP) is 5.12. The van der Waals surface area contributed by atoms with Crippen molar-refractivity contribution >= 4 is 28.9 Å². The van der Waals surface area contributed by atoms with E-state index in [4.69, 9.17) is 16.3 Å². The summed E-state index contributed by atoms with van der Waals surface area (Å²) in [6.07, 6.45) is 1.02. The van der Waals surface area contributed by atoms with Crippen LogP contribution in [0.4, 0.5) is 11.4 Å². The van der Waals surface area contributed by atoms with Crippen molar-refractivity contribution in [2.24, 2.45) is 5.92 Å². The Kier molecular flexibility index (Phi) is 7.14. The number of benzene rings is 2. The molecular formula is C20H25ClN2O2. The highest BCUT2D eigenvalue weighted by Gasteiger charge is 2.05. The Morgan fingerprint density at radius 2 is 1.88 bits per heavy atom. The first-order valence-corrected chi connectivity index (χ1v) is 8.84. The number of anilines is 2. The molecule has 4 nitrogen and oxygen atoms in total. The fraction of sp³-hybridized carbons (Fsp3) is 0.350. The van der Waals surface area contributed by atoms with Crippen LogP contribution in [0.3, 0.4) is 0 Å². The van der Waals surface area contributed by atoms with Crippen LogP contribution in [0.15, 0.2) is 42.5 Å². The number of carbonyl (C=O) groups is 1. The maximum Gasteiger partial charge on any atom is 0.243 e. The van der Waals surface area contributed by atoms with Gasteiger partial charge in [0.2, 0.25) is 5.91 Å². The van der Waals surface area contributed by atoms with Gasteiger partial charge in [-0.25, -0.2) is 0 Å². The van der Waals surface area contributed by atoms with Gasteiger partial charge in [0, 0.05) is 16.4 Å². The van der Waals surface area contributed by atoms with Gasteiger partial charge in [0.15, 0.2) is 0 Å². The van der Waals surface area contributed by atoms with Gasteiger partial charge in [-0.1, -0.05) is 31.5 Å². The molecule has 0 atom stereocenters. The van der Waals surface area contributed by atoms with Crippen LogP contribution in [0.25, 0.3) is 0 Å². The first-order chi connectivity index (χ1) is 11.9. The van der Waals surface area contributed by atoms with Gasteiger partial charge in [0.1, 0.15) is 5.75 Å². The number of aryl methyl sites for hydroxylation is 1. The highest BCUT2D eigenvalue weighted by atomic mass is 35.5. The van der Waals surface area contributed by atoms with Gasteiger partial charge in [-0.3, -0.25) is 4.79 Å². The largest absolute Gasteiger partial charge is 0.494 e. The summed E-state index contributed by atoms with van der Waals surface area (Å²) < 4.78 is 5.67. The quantitative estimate of drug-likeness (QED) is 0.686. The zero-order chi connectivity index (χ0) is 18.2. The predicted molar refractivity (Wildman–Crippen MR) is 105 cm³/mol. The highest BCUT2D eigenvalue weighted by molar-refractivity contribution is 6.30. The van der Waals surface area contributed by atoms with Crippen LogP contribution in [0, 0.1) is 12.8 Å². The Morgan fingerprint density at radius 1 is 1.16 bits per heavy atom. The number of hydrogen-bond acceptors (Lipinski definition) is 3. The SMILES string of the molecule is Cc1ccc(Cl)cc1NCC(=O)Nc1ccc(OCCC(C)C)cc1. The van der Waals surface area contributed by atoms with E-state index >= 15 is 0 Å². The summed E-state index contributed by atoms with van der Waals surface area (Å²) in [6.45, 7) is 7.18. The molecule has 0 fully saturated rings. The first-order valence-electron chi connectivity index (χ1n) is 8.47. The minimum absolute atomic E-state index is 0.118. The lowest BCUT2D eigenvalue weighted by Crippen LogP contribution is -2.22. The molecule has 1 amide bonds. The summed E-state index contributed by atoms with van der Waals surface area (Å²) in [5.74, 6) is 1.31. The zero-order valence-corrected chi connectivity index (χ0v) is 15.7. The molecule has 0 saturated carbocycles. The standard InChI is InChI=1S/C20H25ClN2O2/c1-14(2)10-11-25-18-8-6-17(7-9-18)23-20(24)13-22-19-12-16(21)5-4-15(19)3/h4-9,12,14,22H,10-11,13H2,1-3H3,(H,23,24). The molecule has 0 heterocycles. The summed E-state index contributed by atoms with van der Waals surface area (Å²) in [5.41, 5.74) is 2.64. The lowest BCUT2D eigenvalue weighted by molar-refractivity contribution is -0.114. The molecular weight excluding hydrogens is 336 g/mol. The van der Waals surface area contributed by atoms with Crippen LogP contribution in [0.1, 0.15) is 25.8 Å². The van der Waals surface area contributed by atoms with E-state index in [1.807, 2.05) is 49.4 Å². The molecule has 2 aromatic carbocycles. The van der Waals surface area contributed by atoms with Crippen LogP contribution in [0.2, 0.25) is 5.02 Å². The number of nitrogens with one attached hydrogen (secondary N) is 2. The topological polar surface area (TPSA) is 50.4 Å². The van der Waals surface area contributed by atoms with E-state index in [1.54, 1.807) is 0 Å². The van der Waals surface area contributed by atoms with Gasteiger partial charge in [-0.05, 0) is 61.2 Å². The van der Waals surface area contributed by atoms with Crippen molar-refractivity contribution in [1.82, 2.24) is 0 Å². The smallest absolute Gasteiger partial charge is 0.243 e. The second kappa shape index (κ2) is 9.33. The Bertz CT molecular complexity index is 699. The van der Waals surface area contributed by atoms with Crippen molar-refractivity contribution in [3.8, 4) is 5.75 Å². The van der Waals surface area contributed by atoms with E-state index in [0.717, 1.165) is 29.1 Å². The number of ether oxygens (including phenoxy) is 1. The molecule has 25 heavy (non-hydrogen) atoms. The van der Waals surface area contributed by atoms with Gasteiger partial charge in [0.05, 0.1) is 13.2 Å². The summed E-state index contributed by atoms with van der Waals surface area (Å²) in [4.78, 5) is 12.1. The fourth-order valence-corrected chi connectivity index (χ4v) is 2.38. The third kappa shape index (κ3) is 6.67. The first kappa shape index (κ1) is 19.1. The molecule has 0 aromatic heterocycles. The molecule has 0 radical (unpaired) electrons. The number of carbonyl (C=O) groups excluding carboxylic acids is 1. The molecule has 0 spiro atoms. The average Bonchev–Trinajstić information content (AvgIpc) is 2.57. The van der Waals surface area contributed by atoms with Crippen LogP contribution in [-0.2, 0) is 4.79 Å². The minimum Gasteiger partial charge on any atom is -0.494 e. The summed E-state index contributed by atoms with van der Waals surface area (Å²) >= 11 is 5.98. The average molecular weight is 361 g/mol. The maximum absolute atomic E-state index is 12.1. The Balaban J connectivity index is 1.81. The Morgan fingerprint density at radius 3 is 2.56 bits per heavy atom. The normalized spacial score (nSPS) is 10.6. The van der Waals surface area contributed by atoms with E-state index < -0.39 is 0 Å². The molecule has 0 aliphatic heterocycles. The molecule has 0 aliphatic carbocycles. The van der Waals surface area contributed by atoms with E-state index in [2.05, 4.69) is 24.5 Å². The van der Waals surface area contributed by atoms with Gasteiger partial charge in [-0.2, -0.15) is 0 Å². The van der Waals surface area contributed by atoms with Crippen molar-refractivity contribution in [3.05, 3.63) is 53.1 Å². The maximum atomic E-state index is 12.1.